The van der Waals surface area contributed by atoms with Crippen LogP contribution in [-0.2, 0) is 10.2 Å². The zero-order valence-corrected chi connectivity index (χ0v) is 13.2. The maximum Gasteiger partial charge on any atom is 0.315 e. The molecule has 1 aliphatic heterocycles. The molecule has 0 aliphatic carbocycles. The number of hydrogen-bond acceptors (Lipinski definition) is 3. The van der Waals surface area contributed by atoms with Crippen LogP contribution in [0.15, 0.2) is 30.3 Å². The van der Waals surface area contributed by atoms with Crippen LogP contribution in [0, 0.1) is 0 Å². The van der Waals surface area contributed by atoms with Crippen molar-refractivity contribution in [3.05, 3.63) is 35.9 Å². The first-order valence-electron chi connectivity index (χ1n) is 7.69. The number of likely N-dealkylation sites (N-methyl/N-ethyl adjacent to an activating group) is 1. The molecule has 1 saturated heterocycles. The molecule has 0 amide bonds. The van der Waals surface area contributed by atoms with Crippen molar-refractivity contribution in [3.8, 4) is 0 Å². The molecular weight excluding hydrogens is 264 g/mol. The van der Waals surface area contributed by atoms with Gasteiger partial charge in [-0.05, 0) is 26.0 Å². The summed E-state index contributed by atoms with van der Waals surface area (Å²) in [5.74, 6) is -0.749. The Balaban J connectivity index is 2.16. The summed E-state index contributed by atoms with van der Waals surface area (Å²) in [6.45, 7) is 7.48. The van der Waals surface area contributed by atoms with E-state index in [-0.39, 0.29) is 0 Å². The predicted octanol–water partition coefficient (Wildman–Crippen LogP) is 2.05. The van der Waals surface area contributed by atoms with Gasteiger partial charge < -0.3 is 10.0 Å². The number of piperazine rings is 1. The quantitative estimate of drug-likeness (QED) is 0.901. The molecule has 21 heavy (non-hydrogen) atoms. The van der Waals surface area contributed by atoms with Gasteiger partial charge >= 0.3 is 5.97 Å². The van der Waals surface area contributed by atoms with Crippen molar-refractivity contribution in [3.63, 3.8) is 0 Å². The van der Waals surface area contributed by atoms with Crippen molar-refractivity contribution in [2.24, 2.45) is 0 Å². The van der Waals surface area contributed by atoms with Crippen LogP contribution in [0.2, 0.25) is 0 Å². The molecule has 1 N–H and O–H groups in total. The Labute approximate surface area is 127 Å². The minimum Gasteiger partial charge on any atom is -0.481 e. The molecule has 4 nitrogen and oxygen atoms in total. The first-order valence-corrected chi connectivity index (χ1v) is 7.69. The number of carbonyl (C=O) groups is 1. The predicted molar refractivity (Wildman–Crippen MR) is 84.6 cm³/mol. The van der Waals surface area contributed by atoms with Gasteiger partial charge in [-0.25, -0.2) is 0 Å². The number of aliphatic carboxylic acids is 1. The van der Waals surface area contributed by atoms with E-state index in [0.29, 0.717) is 12.6 Å². The van der Waals surface area contributed by atoms with Gasteiger partial charge in [-0.3, -0.25) is 9.69 Å². The molecule has 2 rings (SSSR count). The lowest BCUT2D eigenvalue weighted by Crippen LogP contribution is -2.55. The molecule has 0 aromatic heterocycles. The standard InChI is InChI=1S/C17H26N2O2/c1-4-15-12-19(11-10-18(15)3)13-17(2,16(20)21)14-8-6-5-7-9-14/h5-9,15H,4,10-13H2,1-3H3,(H,20,21). The Morgan fingerprint density at radius 2 is 2.00 bits per heavy atom. The summed E-state index contributed by atoms with van der Waals surface area (Å²) in [7, 11) is 2.15. The summed E-state index contributed by atoms with van der Waals surface area (Å²) in [6.07, 6.45) is 1.10. The molecule has 0 spiro atoms. The van der Waals surface area contributed by atoms with Gasteiger partial charge in [0.1, 0.15) is 5.41 Å². The van der Waals surface area contributed by atoms with Crippen molar-refractivity contribution >= 4 is 5.97 Å². The van der Waals surface area contributed by atoms with Crippen molar-refractivity contribution in [2.45, 2.75) is 31.7 Å². The molecule has 1 fully saturated rings. The van der Waals surface area contributed by atoms with Gasteiger partial charge in [-0.15, -0.1) is 0 Å². The topological polar surface area (TPSA) is 43.8 Å². The fraction of sp³-hybridized carbons (Fsp3) is 0.588. The zero-order valence-electron chi connectivity index (χ0n) is 13.2. The van der Waals surface area contributed by atoms with E-state index in [4.69, 9.17) is 0 Å². The molecule has 116 valence electrons. The van der Waals surface area contributed by atoms with Crippen molar-refractivity contribution in [1.29, 1.82) is 0 Å². The van der Waals surface area contributed by atoms with E-state index in [1.807, 2.05) is 37.3 Å². The van der Waals surface area contributed by atoms with Crippen LogP contribution in [0.1, 0.15) is 25.8 Å². The summed E-state index contributed by atoms with van der Waals surface area (Å²) in [6, 6.07) is 10.1. The second-order valence-electron chi connectivity index (χ2n) is 6.28. The molecule has 2 unspecified atom stereocenters. The molecule has 2 atom stereocenters. The Bertz CT molecular complexity index is 477. The highest BCUT2D eigenvalue weighted by Gasteiger charge is 2.38. The fourth-order valence-electron chi connectivity index (χ4n) is 3.13. The molecule has 4 heteroatoms. The van der Waals surface area contributed by atoms with Gasteiger partial charge in [-0.1, -0.05) is 37.3 Å². The minimum absolute atomic E-state index is 0.521. The Morgan fingerprint density at radius 3 is 2.57 bits per heavy atom. The van der Waals surface area contributed by atoms with Gasteiger partial charge in [0, 0.05) is 32.2 Å². The summed E-state index contributed by atoms with van der Waals surface area (Å²) >= 11 is 0. The van der Waals surface area contributed by atoms with Gasteiger partial charge in [-0.2, -0.15) is 0 Å². The second kappa shape index (κ2) is 6.58. The van der Waals surface area contributed by atoms with Crippen LogP contribution in [0.5, 0.6) is 0 Å². The van der Waals surface area contributed by atoms with Crippen LogP contribution in [0.3, 0.4) is 0 Å². The monoisotopic (exact) mass is 290 g/mol. The van der Waals surface area contributed by atoms with Gasteiger partial charge in [0.2, 0.25) is 0 Å². The highest BCUT2D eigenvalue weighted by atomic mass is 16.4. The van der Waals surface area contributed by atoms with Gasteiger partial charge in [0.25, 0.3) is 0 Å². The van der Waals surface area contributed by atoms with Gasteiger partial charge in [0.15, 0.2) is 0 Å². The van der Waals surface area contributed by atoms with Crippen molar-refractivity contribution in [2.75, 3.05) is 33.2 Å². The number of carboxylic acid groups (broad SMARTS) is 1. The molecule has 1 aromatic carbocycles. The van der Waals surface area contributed by atoms with E-state index >= 15 is 0 Å². The first-order chi connectivity index (χ1) is 9.97. The van der Waals surface area contributed by atoms with Crippen LogP contribution < -0.4 is 0 Å². The van der Waals surface area contributed by atoms with E-state index in [1.165, 1.54) is 0 Å². The van der Waals surface area contributed by atoms with E-state index in [0.717, 1.165) is 31.6 Å². The normalized spacial score (nSPS) is 23.7. The lowest BCUT2D eigenvalue weighted by atomic mass is 9.81. The Hall–Kier alpha value is -1.39. The summed E-state index contributed by atoms with van der Waals surface area (Å²) in [4.78, 5) is 16.5. The summed E-state index contributed by atoms with van der Waals surface area (Å²) in [5, 5.41) is 9.75. The molecule has 1 aromatic rings. The average Bonchev–Trinajstić information content (AvgIpc) is 2.49. The number of rotatable bonds is 5. The molecule has 0 bridgehead atoms. The van der Waals surface area contributed by atoms with E-state index in [9.17, 15) is 9.90 Å². The van der Waals surface area contributed by atoms with Crippen molar-refractivity contribution < 1.29 is 9.90 Å². The maximum atomic E-state index is 11.9. The molecular formula is C17H26N2O2. The van der Waals surface area contributed by atoms with Gasteiger partial charge in [0.05, 0.1) is 0 Å². The minimum atomic E-state index is -0.852. The van der Waals surface area contributed by atoms with Crippen LogP contribution in [0.25, 0.3) is 0 Å². The average molecular weight is 290 g/mol. The second-order valence-corrected chi connectivity index (χ2v) is 6.28. The Kier molecular flexibility index (Phi) is 5.01. The number of benzene rings is 1. The SMILES string of the molecule is CCC1CN(CC(C)(C(=O)O)c2ccccc2)CCN1C. The summed E-state index contributed by atoms with van der Waals surface area (Å²) in [5.41, 5.74) is 0.0274. The molecule has 1 heterocycles. The van der Waals surface area contributed by atoms with Crippen LogP contribution in [-0.4, -0.2) is 60.1 Å². The fourth-order valence-corrected chi connectivity index (χ4v) is 3.13. The lowest BCUT2D eigenvalue weighted by molar-refractivity contribution is -0.144. The van der Waals surface area contributed by atoms with Crippen LogP contribution >= 0.6 is 0 Å². The lowest BCUT2D eigenvalue weighted by Gasteiger charge is -2.42. The third-order valence-corrected chi connectivity index (χ3v) is 4.76. The van der Waals surface area contributed by atoms with E-state index in [1.54, 1.807) is 0 Å². The largest absolute Gasteiger partial charge is 0.481 e. The van der Waals surface area contributed by atoms with E-state index < -0.39 is 11.4 Å². The van der Waals surface area contributed by atoms with Crippen LogP contribution in [0.4, 0.5) is 0 Å². The highest BCUT2D eigenvalue weighted by molar-refractivity contribution is 5.81. The number of carboxylic acids is 1. The molecule has 0 saturated carbocycles. The number of hydrogen-bond donors (Lipinski definition) is 1. The molecule has 1 aliphatic rings. The third kappa shape index (κ3) is 3.44. The first kappa shape index (κ1) is 16.0. The summed E-state index contributed by atoms with van der Waals surface area (Å²) < 4.78 is 0. The number of nitrogens with zero attached hydrogens (tertiary/aromatic N) is 2. The zero-order chi connectivity index (χ0) is 15.5. The smallest absolute Gasteiger partial charge is 0.315 e. The van der Waals surface area contributed by atoms with Crippen molar-refractivity contribution in [1.82, 2.24) is 9.80 Å². The van der Waals surface area contributed by atoms with E-state index in [2.05, 4.69) is 23.8 Å². The third-order valence-electron chi connectivity index (χ3n) is 4.76. The molecule has 0 radical (unpaired) electrons. The highest BCUT2D eigenvalue weighted by Crippen LogP contribution is 2.26. The Morgan fingerprint density at radius 1 is 1.33 bits per heavy atom. The maximum absolute atomic E-state index is 11.9.